The van der Waals surface area contributed by atoms with Crippen molar-refractivity contribution in [3.63, 3.8) is 0 Å². The summed E-state index contributed by atoms with van der Waals surface area (Å²) in [6, 6.07) is 2.40. The van der Waals surface area contributed by atoms with Gasteiger partial charge >= 0.3 is 0 Å². The number of rotatable bonds is 5. The fourth-order valence-corrected chi connectivity index (χ4v) is 1.77. The molecule has 2 heterocycles. The van der Waals surface area contributed by atoms with Gasteiger partial charge < -0.3 is 10.4 Å². The third-order valence-electron chi connectivity index (χ3n) is 2.60. The van der Waals surface area contributed by atoms with Crippen LogP contribution in [0.3, 0.4) is 0 Å². The Labute approximate surface area is 100 Å². The van der Waals surface area contributed by atoms with Crippen molar-refractivity contribution in [3.8, 4) is 0 Å². The molecule has 5 heteroatoms. The Hall–Kier alpha value is -1.46. The molecular weight excluding hydrogens is 216 g/mol. The van der Waals surface area contributed by atoms with Crippen molar-refractivity contribution in [3.05, 3.63) is 24.0 Å². The second-order valence-electron chi connectivity index (χ2n) is 4.34. The molecule has 2 aromatic heterocycles. The highest BCUT2D eigenvalue weighted by Crippen LogP contribution is 2.16. The van der Waals surface area contributed by atoms with Gasteiger partial charge in [0.25, 0.3) is 0 Å². The number of fused-ring (bicyclic) bond motifs is 1. The van der Waals surface area contributed by atoms with Gasteiger partial charge in [0, 0.05) is 30.7 Å². The molecule has 0 fully saturated rings. The van der Waals surface area contributed by atoms with Gasteiger partial charge in [0.1, 0.15) is 0 Å². The minimum atomic E-state index is 0.154. The Bertz CT molecular complexity index is 492. The molecule has 92 valence electrons. The average molecular weight is 234 g/mol. The molecule has 0 saturated heterocycles. The van der Waals surface area contributed by atoms with Crippen molar-refractivity contribution in [2.75, 3.05) is 13.2 Å². The van der Waals surface area contributed by atoms with Gasteiger partial charge in [-0.2, -0.15) is 5.10 Å². The molecule has 5 nitrogen and oxygen atoms in total. The van der Waals surface area contributed by atoms with E-state index in [1.54, 1.807) is 0 Å². The van der Waals surface area contributed by atoms with Crippen molar-refractivity contribution in [1.82, 2.24) is 20.1 Å². The summed E-state index contributed by atoms with van der Waals surface area (Å²) >= 11 is 0. The minimum absolute atomic E-state index is 0.154. The summed E-state index contributed by atoms with van der Waals surface area (Å²) in [7, 11) is 0. The largest absolute Gasteiger partial charge is 0.395 e. The number of hydrogen-bond acceptors (Lipinski definition) is 4. The van der Waals surface area contributed by atoms with E-state index in [9.17, 15) is 0 Å². The number of hydrogen-bond donors (Lipinski definition) is 2. The summed E-state index contributed by atoms with van der Waals surface area (Å²) in [5.41, 5.74) is 2.03. The Balaban J connectivity index is 2.20. The summed E-state index contributed by atoms with van der Waals surface area (Å²) < 4.78 is 1.92. The van der Waals surface area contributed by atoms with Gasteiger partial charge in [0.15, 0.2) is 5.65 Å². The van der Waals surface area contributed by atoms with Crippen LogP contribution in [-0.2, 0) is 6.54 Å². The maximum absolute atomic E-state index is 8.69. The number of aliphatic hydroxyl groups excluding tert-OH is 1. The maximum atomic E-state index is 8.69. The molecule has 0 amide bonds. The van der Waals surface area contributed by atoms with E-state index >= 15 is 0 Å². The molecule has 2 aromatic rings. The minimum Gasteiger partial charge on any atom is -0.395 e. The molecule has 0 saturated carbocycles. The average Bonchev–Trinajstić information content (AvgIpc) is 2.72. The van der Waals surface area contributed by atoms with E-state index in [1.807, 2.05) is 17.1 Å². The summed E-state index contributed by atoms with van der Waals surface area (Å²) in [5.74, 6) is 0. The zero-order valence-electron chi connectivity index (χ0n) is 10.2. The van der Waals surface area contributed by atoms with E-state index < -0.39 is 0 Å². The molecule has 2 rings (SSSR count). The molecule has 0 aliphatic heterocycles. The third kappa shape index (κ3) is 2.62. The predicted molar refractivity (Wildman–Crippen MR) is 66.7 cm³/mol. The lowest BCUT2D eigenvalue weighted by Crippen LogP contribution is -2.17. The van der Waals surface area contributed by atoms with Crippen molar-refractivity contribution in [1.29, 1.82) is 0 Å². The summed E-state index contributed by atoms with van der Waals surface area (Å²) in [6.07, 6.45) is 3.70. The van der Waals surface area contributed by atoms with E-state index in [0.29, 0.717) is 12.6 Å². The molecule has 0 spiro atoms. The van der Waals surface area contributed by atoms with Crippen LogP contribution >= 0.6 is 0 Å². The molecule has 0 aliphatic rings. The summed E-state index contributed by atoms with van der Waals surface area (Å²) in [4.78, 5) is 4.44. The molecule has 0 aliphatic carbocycles. The fraction of sp³-hybridized carbons (Fsp3) is 0.500. The van der Waals surface area contributed by atoms with Crippen molar-refractivity contribution in [2.45, 2.75) is 26.4 Å². The Kier molecular flexibility index (Phi) is 3.71. The topological polar surface area (TPSA) is 63.0 Å². The van der Waals surface area contributed by atoms with Crippen LogP contribution in [0.1, 0.15) is 25.5 Å². The van der Waals surface area contributed by atoms with Crippen LogP contribution in [0.5, 0.6) is 0 Å². The first-order valence-corrected chi connectivity index (χ1v) is 5.86. The SMILES string of the molecule is CC(C)n1ncc2cc(CNCCO)cnc21. The Morgan fingerprint density at radius 2 is 2.24 bits per heavy atom. The first-order chi connectivity index (χ1) is 8.22. The number of aliphatic hydroxyl groups is 1. The van der Waals surface area contributed by atoms with Crippen molar-refractivity contribution in [2.24, 2.45) is 0 Å². The molecular formula is C12H18N4O. The highest BCUT2D eigenvalue weighted by Gasteiger charge is 2.07. The first-order valence-electron chi connectivity index (χ1n) is 5.86. The second-order valence-corrected chi connectivity index (χ2v) is 4.34. The van der Waals surface area contributed by atoms with Crippen LogP contribution in [0, 0.1) is 0 Å². The van der Waals surface area contributed by atoms with Crippen molar-refractivity contribution < 1.29 is 5.11 Å². The number of nitrogens with zero attached hydrogens (tertiary/aromatic N) is 3. The number of pyridine rings is 1. The standard InChI is InChI=1S/C12H18N4O/c1-9(2)16-12-11(8-15-16)5-10(7-14-12)6-13-3-4-17/h5,7-9,13,17H,3-4,6H2,1-2H3. The quantitative estimate of drug-likeness (QED) is 0.760. The van der Waals surface area contributed by atoms with E-state index in [0.717, 1.165) is 23.1 Å². The highest BCUT2D eigenvalue weighted by atomic mass is 16.3. The van der Waals surface area contributed by atoms with Crippen LogP contribution < -0.4 is 5.32 Å². The molecule has 0 radical (unpaired) electrons. The van der Waals surface area contributed by atoms with E-state index in [2.05, 4.69) is 35.3 Å². The first kappa shape index (κ1) is 12.0. The van der Waals surface area contributed by atoms with Crippen LogP contribution in [0.25, 0.3) is 11.0 Å². The van der Waals surface area contributed by atoms with Gasteiger partial charge in [-0.15, -0.1) is 0 Å². The molecule has 2 N–H and O–H groups in total. The molecule has 17 heavy (non-hydrogen) atoms. The summed E-state index contributed by atoms with van der Waals surface area (Å²) in [6.45, 7) is 5.65. The summed E-state index contributed by atoms with van der Waals surface area (Å²) in [5, 5.41) is 17.2. The van der Waals surface area contributed by atoms with Gasteiger partial charge in [-0.05, 0) is 25.5 Å². The second kappa shape index (κ2) is 5.25. The molecule has 0 aromatic carbocycles. The lowest BCUT2D eigenvalue weighted by Gasteiger charge is -2.07. The normalized spacial score (nSPS) is 11.5. The van der Waals surface area contributed by atoms with Crippen LogP contribution in [0.15, 0.2) is 18.5 Å². The van der Waals surface area contributed by atoms with Gasteiger partial charge in [0.2, 0.25) is 0 Å². The maximum Gasteiger partial charge on any atom is 0.157 e. The van der Waals surface area contributed by atoms with Crippen molar-refractivity contribution >= 4 is 11.0 Å². The van der Waals surface area contributed by atoms with E-state index in [1.165, 1.54) is 0 Å². The molecule has 0 unspecified atom stereocenters. The third-order valence-corrected chi connectivity index (χ3v) is 2.60. The van der Waals surface area contributed by atoms with E-state index in [-0.39, 0.29) is 6.61 Å². The predicted octanol–water partition coefficient (Wildman–Crippen LogP) is 1.09. The smallest absolute Gasteiger partial charge is 0.157 e. The van der Waals surface area contributed by atoms with Gasteiger partial charge in [-0.3, -0.25) is 0 Å². The number of nitrogens with one attached hydrogen (secondary N) is 1. The lowest BCUT2D eigenvalue weighted by molar-refractivity contribution is 0.292. The molecule has 0 bridgehead atoms. The highest BCUT2D eigenvalue weighted by molar-refractivity contribution is 5.75. The van der Waals surface area contributed by atoms with Crippen LogP contribution in [0.2, 0.25) is 0 Å². The molecule has 0 atom stereocenters. The van der Waals surface area contributed by atoms with Gasteiger partial charge in [-0.25, -0.2) is 9.67 Å². The van der Waals surface area contributed by atoms with Gasteiger partial charge in [0.05, 0.1) is 12.8 Å². The van der Waals surface area contributed by atoms with Gasteiger partial charge in [-0.1, -0.05) is 0 Å². The Morgan fingerprint density at radius 3 is 2.94 bits per heavy atom. The van der Waals surface area contributed by atoms with E-state index in [4.69, 9.17) is 5.11 Å². The van der Waals surface area contributed by atoms with Crippen LogP contribution in [0.4, 0.5) is 0 Å². The fourth-order valence-electron chi connectivity index (χ4n) is 1.77. The lowest BCUT2D eigenvalue weighted by atomic mass is 10.2. The zero-order chi connectivity index (χ0) is 12.3. The monoisotopic (exact) mass is 234 g/mol. The van der Waals surface area contributed by atoms with Crippen LogP contribution in [-0.4, -0.2) is 33.0 Å². The Morgan fingerprint density at radius 1 is 1.41 bits per heavy atom. The number of aromatic nitrogens is 3. The zero-order valence-corrected chi connectivity index (χ0v) is 10.2.